The van der Waals surface area contributed by atoms with E-state index in [1.807, 2.05) is 0 Å². The molecule has 2 N–H and O–H groups in total. The van der Waals surface area contributed by atoms with Gasteiger partial charge in [-0.25, -0.2) is 0 Å². The lowest BCUT2D eigenvalue weighted by Gasteiger charge is -2.25. The maximum atomic E-state index is 12.0. The second-order valence-electron chi connectivity index (χ2n) is 4.99. The number of aromatic hydroxyl groups is 1. The van der Waals surface area contributed by atoms with Crippen molar-refractivity contribution < 1.29 is 9.90 Å². The molecule has 1 aliphatic carbocycles. The predicted molar refractivity (Wildman–Crippen MR) is 80.1 cm³/mol. The lowest BCUT2D eigenvalue weighted by Crippen LogP contribution is -2.31. The first-order chi connectivity index (χ1) is 9.06. The van der Waals surface area contributed by atoms with Gasteiger partial charge in [0.25, 0.3) is 5.91 Å². The lowest BCUT2D eigenvalue weighted by atomic mass is 9.89. The van der Waals surface area contributed by atoms with E-state index < -0.39 is 0 Å². The van der Waals surface area contributed by atoms with Crippen molar-refractivity contribution in [2.24, 2.45) is 5.92 Å². The highest BCUT2D eigenvalue weighted by Crippen LogP contribution is 2.28. The Morgan fingerprint density at radius 1 is 1.37 bits per heavy atom. The fourth-order valence-electron chi connectivity index (χ4n) is 2.35. The zero-order chi connectivity index (χ0) is 13.8. The molecule has 0 heterocycles. The van der Waals surface area contributed by atoms with Gasteiger partial charge in [-0.15, -0.1) is 0 Å². The molecule has 104 valence electrons. The van der Waals surface area contributed by atoms with Gasteiger partial charge in [0.15, 0.2) is 0 Å². The largest absolute Gasteiger partial charge is 0.508 e. The van der Waals surface area contributed by atoms with Crippen molar-refractivity contribution in [1.82, 2.24) is 5.32 Å². The summed E-state index contributed by atoms with van der Waals surface area (Å²) >= 11 is 9.57. The molecule has 0 atom stereocenters. The quantitative estimate of drug-likeness (QED) is 0.819. The Kier molecular flexibility index (Phi) is 5.11. The van der Waals surface area contributed by atoms with Crippen LogP contribution in [0.5, 0.6) is 5.75 Å². The molecule has 2 rings (SSSR count). The predicted octanol–water partition coefficient (Wildman–Crippen LogP) is 3.73. The van der Waals surface area contributed by atoms with E-state index in [9.17, 15) is 9.90 Å². The molecular weight excluding hydrogens is 330 g/mol. The van der Waals surface area contributed by atoms with E-state index in [0.29, 0.717) is 27.9 Å². The number of hydrogen-bond acceptors (Lipinski definition) is 2. The Balaban J connectivity index is 1.89. The molecule has 0 unspecified atom stereocenters. The highest BCUT2D eigenvalue weighted by Gasteiger charge is 2.20. The Morgan fingerprint density at radius 2 is 2.05 bits per heavy atom. The SMILES string of the molecule is O=C(NCC1CCC(Br)CC1)c1cc(O)ccc1Cl. The van der Waals surface area contributed by atoms with Crippen LogP contribution in [0.4, 0.5) is 0 Å². The summed E-state index contributed by atoms with van der Waals surface area (Å²) < 4.78 is 0. The van der Waals surface area contributed by atoms with Gasteiger partial charge in [-0.3, -0.25) is 4.79 Å². The Labute approximate surface area is 126 Å². The van der Waals surface area contributed by atoms with Crippen LogP contribution in [0.2, 0.25) is 5.02 Å². The number of nitrogens with one attached hydrogen (secondary N) is 1. The molecule has 0 aliphatic heterocycles. The molecule has 5 heteroatoms. The first-order valence-electron chi connectivity index (χ1n) is 6.47. The second-order valence-corrected chi connectivity index (χ2v) is 6.69. The Hall–Kier alpha value is -0.740. The molecule has 1 saturated carbocycles. The van der Waals surface area contributed by atoms with E-state index in [4.69, 9.17) is 11.6 Å². The van der Waals surface area contributed by atoms with Gasteiger partial charge in [-0.1, -0.05) is 27.5 Å². The number of hydrogen-bond donors (Lipinski definition) is 2. The summed E-state index contributed by atoms with van der Waals surface area (Å²) in [4.78, 5) is 12.6. The Bertz CT molecular complexity index is 459. The lowest BCUT2D eigenvalue weighted by molar-refractivity contribution is 0.0943. The molecule has 0 bridgehead atoms. The van der Waals surface area contributed by atoms with Crippen LogP contribution >= 0.6 is 27.5 Å². The van der Waals surface area contributed by atoms with E-state index in [1.54, 1.807) is 0 Å². The van der Waals surface area contributed by atoms with Crippen LogP contribution in [0.3, 0.4) is 0 Å². The summed E-state index contributed by atoms with van der Waals surface area (Å²) in [5, 5.41) is 12.7. The summed E-state index contributed by atoms with van der Waals surface area (Å²) in [6.07, 6.45) is 4.58. The van der Waals surface area contributed by atoms with E-state index in [2.05, 4.69) is 21.2 Å². The van der Waals surface area contributed by atoms with Crippen molar-refractivity contribution in [2.45, 2.75) is 30.5 Å². The number of benzene rings is 1. The smallest absolute Gasteiger partial charge is 0.252 e. The van der Waals surface area contributed by atoms with Crippen LogP contribution < -0.4 is 5.32 Å². The normalized spacial score (nSPS) is 23.1. The minimum absolute atomic E-state index is 0.0503. The van der Waals surface area contributed by atoms with Gasteiger partial charge in [0, 0.05) is 11.4 Å². The van der Waals surface area contributed by atoms with Gasteiger partial charge >= 0.3 is 0 Å². The Morgan fingerprint density at radius 3 is 2.74 bits per heavy atom. The minimum Gasteiger partial charge on any atom is -0.508 e. The van der Waals surface area contributed by atoms with Crippen LogP contribution in [-0.2, 0) is 0 Å². The third-order valence-corrected chi connectivity index (χ3v) is 4.77. The first-order valence-corrected chi connectivity index (χ1v) is 7.76. The fraction of sp³-hybridized carbons (Fsp3) is 0.500. The van der Waals surface area contributed by atoms with Crippen LogP contribution in [0, 0.1) is 5.92 Å². The van der Waals surface area contributed by atoms with Crippen LogP contribution in [0.15, 0.2) is 18.2 Å². The maximum Gasteiger partial charge on any atom is 0.252 e. The molecule has 0 spiro atoms. The maximum absolute atomic E-state index is 12.0. The second kappa shape index (κ2) is 6.62. The number of alkyl halides is 1. The summed E-state index contributed by atoms with van der Waals surface area (Å²) in [7, 11) is 0. The molecular formula is C14H17BrClNO2. The molecule has 3 nitrogen and oxygen atoms in total. The van der Waals surface area contributed by atoms with E-state index in [1.165, 1.54) is 18.2 Å². The molecule has 0 saturated heterocycles. The van der Waals surface area contributed by atoms with E-state index in [0.717, 1.165) is 25.7 Å². The van der Waals surface area contributed by atoms with Crippen molar-refractivity contribution in [3.05, 3.63) is 28.8 Å². The number of phenols is 1. The third-order valence-electron chi connectivity index (χ3n) is 3.52. The van der Waals surface area contributed by atoms with Gasteiger partial charge in [0.1, 0.15) is 5.75 Å². The van der Waals surface area contributed by atoms with Crippen molar-refractivity contribution in [3.63, 3.8) is 0 Å². The fourth-order valence-corrected chi connectivity index (χ4v) is 3.08. The van der Waals surface area contributed by atoms with Crippen LogP contribution in [-0.4, -0.2) is 22.4 Å². The highest BCUT2D eigenvalue weighted by molar-refractivity contribution is 9.09. The zero-order valence-corrected chi connectivity index (χ0v) is 12.9. The first kappa shape index (κ1) is 14.7. The number of halogens is 2. The summed E-state index contributed by atoms with van der Waals surface area (Å²) in [5.41, 5.74) is 0.329. The third kappa shape index (κ3) is 4.11. The number of amides is 1. The standard InChI is InChI=1S/C14H17BrClNO2/c15-10-3-1-9(2-4-10)8-17-14(19)12-7-11(18)5-6-13(12)16/h5-7,9-10,18H,1-4,8H2,(H,17,19). The van der Waals surface area contributed by atoms with Crippen LogP contribution in [0.25, 0.3) is 0 Å². The average Bonchev–Trinajstić information content (AvgIpc) is 2.40. The molecule has 19 heavy (non-hydrogen) atoms. The van der Waals surface area contributed by atoms with Crippen LogP contribution in [0.1, 0.15) is 36.0 Å². The van der Waals surface area contributed by atoms with Gasteiger partial charge < -0.3 is 10.4 Å². The molecule has 0 radical (unpaired) electrons. The van der Waals surface area contributed by atoms with Gasteiger partial charge in [0.2, 0.25) is 0 Å². The van der Waals surface area contributed by atoms with Crippen molar-refractivity contribution in [3.8, 4) is 5.75 Å². The number of rotatable bonds is 3. The molecule has 1 amide bonds. The molecule has 1 fully saturated rings. The van der Waals surface area contributed by atoms with Gasteiger partial charge in [-0.2, -0.15) is 0 Å². The van der Waals surface area contributed by atoms with Gasteiger partial charge in [0.05, 0.1) is 10.6 Å². The average molecular weight is 347 g/mol. The van der Waals surface area contributed by atoms with Crippen molar-refractivity contribution >= 4 is 33.4 Å². The number of carbonyl (C=O) groups is 1. The number of phenolic OH excluding ortho intramolecular Hbond substituents is 1. The van der Waals surface area contributed by atoms with Crippen molar-refractivity contribution in [1.29, 1.82) is 0 Å². The number of carbonyl (C=O) groups excluding carboxylic acids is 1. The molecule has 0 aromatic heterocycles. The summed E-state index contributed by atoms with van der Waals surface area (Å²) in [6, 6.07) is 4.39. The minimum atomic E-state index is -0.220. The monoisotopic (exact) mass is 345 g/mol. The highest BCUT2D eigenvalue weighted by atomic mass is 79.9. The molecule has 1 aliphatic rings. The van der Waals surface area contributed by atoms with E-state index in [-0.39, 0.29) is 11.7 Å². The van der Waals surface area contributed by atoms with Gasteiger partial charge in [-0.05, 0) is 49.8 Å². The summed E-state index contributed by atoms with van der Waals surface area (Å²) in [5.74, 6) is 0.366. The summed E-state index contributed by atoms with van der Waals surface area (Å²) in [6.45, 7) is 0.671. The topological polar surface area (TPSA) is 49.3 Å². The zero-order valence-electron chi connectivity index (χ0n) is 10.5. The van der Waals surface area contributed by atoms with Crippen molar-refractivity contribution in [2.75, 3.05) is 6.54 Å². The van der Waals surface area contributed by atoms with E-state index >= 15 is 0 Å². The molecule has 1 aromatic carbocycles. The molecule has 1 aromatic rings.